The summed E-state index contributed by atoms with van der Waals surface area (Å²) in [6, 6.07) is 16.2. The first-order valence-electron chi connectivity index (χ1n) is 11.9. The molecule has 2 aromatic rings. The molecule has 2 aromatic carbocycles. The van der Waals surface area contributed by atoms with Crippen molar-refractivity contribution in [1.29, 1.82) is 0 Å². The maximum absolute atomic E-state index is 10.7. The lowest BCUT2D eigenvalue weighted by Gasteiger charge is -2.17. The van der Waals surface area contributed by atoms with Gasteiger partial charge in [-0.3, -0.25) is 9.59 Å². The van der Waals surface area contributed by atoms with E-state index in [0.29, 0.717) is 39.6 Å². The summed E-state index contributed by atoms with van der Waals surface area (Å²) < 4.78 is 31.8. The molecule has 8 nitrogen and oxygen atoms in total. The lowest BCUT2D eigenvalue weighted by atomic mass is 9.89. The highest BCUT2D eigenvalue weighted by molar-refractivity contribution is 5.66. The van der Waals surface area contributed by atoms with Crippen molar-refractivity contribution < 1.29 is 38.0 Å². The predicted molar refractivity (Wildman–Crippen MR) is 131 cm³/mol. The number of esters is 2. The van der Waals surface area contributed by atoms with Crippen LogP contribution in [0.3, 0.4) is 0 Å². The molecular weight excluding hydrogens is 452 g/mol. The monoisotopic (exact) mass is 488 g/mol. The molecule has 0 aromatic heterocycles. The first kappa shape index (κ1) is 28.1. The Morgan fingerprint density at radius 3 is 1.31 bits per heavy atom. The standard InChI is InChI=1S/C27H36O8/c1-4-27(23-5-9-25(10-6-23)34-19-15-30-13-17-32-21(2)28)24-7-11-26(12-8-24)35-20-16-31-14-18-33-22(3)29/h5-12,27H,4,13-20H2,1-3H3. The van der Waals surface area contributed by atoms with E-state index in [9.17, 15) is 9.59 Å². The summed E-state index contributed by atoms with van der Waals surface area (Å²) in [5, 5.41) is 0. The number of hydrogen-bond acceptors (Lipinski definition) is 8. The van der Waals surface area contributed by atoms with Crippen molar-refractivity contribution in [3.63, 3.8) is 0 Å². The summed E-state index contributed by atoms with van der Waals surface area (Å²) in [5.74, 6) is 1.22. The second kappa shape index (κ2) is 16.5. The zero-order valence-corrected chi connectivity index (χ0v) is 20.8. The Labute approximate surface area is 207 Å². The Kier molecular flexibility index (Phi) is 13.3. The molecule has 2 rings (SSSR count). The SMILES string of the molecule is CCC(c1ccc(OCCOCCOC(C)=O)cc1)c1ccc(OCCOCCOC(C)=O)cc1. The topological polar surface area (TPSA) is 89.5 Å². The van der Waals surface area contributed by atoms with E-state index in [1.807, 2.05) is 24.3 Å². The number of benzene rings is 2. The molecule has 0 aliphatic rings. The largest absolute Gasteiger partial charge is 0.491 e. The van der Waals surface area contributed by atoms with Crippen LogP contribution >= 0.6 is 0 Å². The Hall–Kier alpha value is -3.10. The van der Waals surface area contributed by atoms with Gasteiger partial charge in [0.1, 0.15) is 37.9 Å². The van der Waals surface area contributed by atoms with Crippen molar-refractivity contribution in [3.05, 3.63) is 59.7 Å². The number of carbonyl (C=O) groups excluding carboxylic acids is 2. The molecule has 0 saturated heterocycles. The van der Waals surface area contributed by atoms with Crippen LogP contribution in [-0.2, 0) is 28.5 Å². The normalized spacial score (nSPS) is 10.7. The van der Waals surface area contributed by atoms with Crippen LogP contribution in [0.4, 0.5) is 0 Å². The van der Waals surface area contributed by atoms with E-state index in [0.717, 1.165) is 17.9 Å². The second-order valence-corrected chi connectivity index (χ2v) is 7.70. The number of ether oxygens (including phenoxy) is 6. The van der Waals surface area contributed by atoms with Crippen LogP contribution in [0.1, 0.15) is 44.2 Å². The van der Waals surface area contributed by atoms with Crippen LogP contribution in [0.15, 0.2) is 48.5 Å². The summed E-state index contributed by atoms with van der Waals surface area (Å²) in [4.78, 5) is 21.4. The van der Waals surface area contributed by atoms with Gasteiger partial charge in [-0.15, -0.1) is 0 Å². The third kappa shape index (κ3) is 11.7. The molecule has 0 bridgehead atoms. The molecule has 0 aliphatic carbocycles. The molecule has 0 N–H and O–H groups in total. The molecule has 0 radical (unpaired) electrons. The van der Waals surface area contributed by atoms with Crippen LogP contribution in [0.5, 0.6) is 11.5 Å². The Morgan fingerprint density at radius 1 is 0.600 bits per heavy atom. The number of carbonyl (C=O) groups is 2. The van der Waals surface area contributed by atoms with Crippen molar-refractivity contribution in [1.82, 2.24) is 0 Å². The molecule has 0 heterocycles. The second-order valence-electron chi connectivity index (χ2n) is 7.70. The summed E-state index contributed by atoms with van der Waals surface area (Å²) in [7, 11) is 0. The maximum Gasteiger partial charge on any atom is 0.302 e. The van der Waals surface area contributed by atoms with Gasteiger partial charge in [-0.1, -0.05) is 31.2 Å². The fourth-order valence-electron chi connectivity index (χ4n) is 3.39. The van der Waals surface area contributed by atoms with E-state index in [4.69, 9.17) is 28.4 Å². The molecule has 0 spiro atoms. The van der Waals surface area contributed by atoms with Crippen LogP contribution in [0.2, 0.25) is 0 Å². The van der Waals surface area contributed by atoms with Crippen LogP contribution < -0.4 is 9.47 Å². The fourth-order valence-corrected chi connectivity index (χ4v) is 3.39. The lowest BCUT2D eigenvalue weighted by Crippen LogP contribution is -2.12. The zero-order valence-electron chi connectivity index (χ0n) is 20.8. The average Bonchev–Trinajstić information content (AvgIpc) is 2.84. The first-order valence-corrected chi connectivity index (χ1v) is 11.9. The molecule has 35 heavy (non-hydrogen) atoms. The summed E-state index contributed by atoms with van der Waals surface area (Å²) >= 11 is 0. The summed E-state index contributed by atoms with van der Waals surface area (Å²) in [6.45, 7) is 7.83. The van der Waals surface area contributed by atoms with Crippen molar-refractivity contribution in [2.45, 2.75) is 33.1 Å². The van der Waals surface area contributed by atoms with Gasteiger partial charge in [0.25, 0.3) is 0 Å². The van der Waals surface area contributed by atoms with Crippen LogP contribution in [0.25, 0.3) is 0 Å². The highest BCUT2D eigenvalue weighted by Crippen LogP contribution is 2.30. The quantitative estimate of drug-likeness (QED) is 0.242. The van der Waals surface area contributed by atoms with Gasteiger partial charge in [-0.25, -0.2) is 0 Å². The molecule has 0 unspecified atom stereocenters. The fraction of sp³-hybridized carbons (Fsp3) is 0.481. The first-order chi connectivity index (χ1) is 17.0. The molecule has 8 heteroatoms. The Balaban J connectivity index is 1.73. The minimum atomic E-state index is -0.310. The van der Waals surface area contributed by atoms with Gasteiger partial charge in [-0.2, -0.15) is 0 Å². The van der Waals surface area contributed by atoms with Gasteiger partial charge in [0, 0.05) is 19.8 Å². The van der Waals surface area contributed by atoms with Crippen molar-refractivity contribution in [2.24, 2.45) is 0 Å². The summed E-state index contributed by atoms with van der Waals surface area (Å²) in [6.07, 6.45) is 0.965. The molecular formula is C27H36O8. The van der Waals surface area contributed by atoms with Crippen molar-refractivity contribution in [3.8, 4) is 11.5 Å². The van der Waals surface area contributed by atoms with Crippen LogP contribution in [-0.4, -0.2) is 64.8 Å². The lowest BCUT2D eigenvalue weighted by molar-refractivity contribution is -0.143. The van der Waals surface area contributed by atoms with E-state index in [1.165, 1.54) is 25.0 Å². The van der Waals surface area contributed by atoms with Gasteiger partial charge in [0.2, 0.25) is 0 Å². The average molecular weight is 489 g/mol. The highest BCUT2D eigenvalue weighted by Gasteiger charge is 2.12. The third-order valence-corrected chi connectivity index (χ3v) is 5.03. The zero-order chi connectivity index (χ0) is 25.3. The molecule has 0 fully saturated rings. The highest BCUT2D eigenvalue weighted by atomic mass is 16.6. The van der Waals surface area contributed by atoms with E-state index in [1.54, 1.807) is 0 Å². The van der Waals surface area contributed by atoms with Gasteiger partial charge in [-0.05, 0) is 41.8 Å². The number of hydrogen-bond donors (Lipinski definition) is 0. The predicted octanol–water partition coefficient (Wildman–Crippen LogP) is 4.15. The Morgan fingerprint density at radius 2 is 0.971 bits per heavy atom. The summed E-state index contributed by atoms with van der Waals surface area (Å²) in [5.41, 5.74) is 2.43. The molecule has 0 amide bonds. The minimum Gasteiger partial charge on any atom is -0.491 e. The van der Waals surface area contributed by atoms with Gasteiger partial charge in [0.05, 0.1) is 26.4 Å². The van der Waals surface area contributed by atoms with E-state index in [-0.39, 0.29) is 31.1 Å². The van der Waals surface area contributed by atoms with Gasteiger partial charge >= 0.3 is 11.9 Å². The van der Waals surface area contributed by atoms with E-state index in [2.05, 4.69) is 31.2 Å². The molecule has 0 atom stereocenters. The van der Waals surface area contributed by atoms with E-state index >= 15 is 0 Å². The smallest absolute Gasteiger partial charge is 0.302 e. The maximum atomic E-state index is 10.7. The Bertz CT molecular complexity index is 792. The minimum absolute atomic E-state index is 0.253. The number of rotatable bonds is 17. The van der Waals surface area contributed by atoms with Crippen molar-refractivity contribution >= 4 is 11.9 Å². The third-order valence-electron chi connectivity index (χ3n) is 5.03. The molecule has 0 aliphatic heterocycles. The van der Waals surface area contributed by atoms with Crippen LogP contribution in [0, 0.1) is 0 Å². The van der Waals surface area contributed by atoms with Gasteiger partial charge < -0.3 is 28.4 Å². The molecule has 0 saturated carbocycles. The van der Waals surface area contributed by atoms with E-state index < -0.39 is 0 Å². The van der Waals surface area contributed by atoms with Crippen molar-refractivity contribution in [2.75, 3.05) is 52.9 Å². The van der Waals surface area contributed by atoms with Gasteiger partial charge in [0.15, 0.2) is 0 Å². The molecule has 192 valence electrons.